The molecule has 3 nitrogen and oxygen atoms in total. The second kappa shape index (κ2) is 6.11. The molecule has 0 aromatic carbocycles. The fourth-order valence-corrected chi connectivity index (χ4v) is 2.61. The van der Waals surface area contributed by atoms with E-state index in [0.717, 1.165) is 4.90 Å². The first-order chi connectivity index (χ1) is 8.72. The van der Waals surface area contributed by atoms with Crippen molar-refractivity contribution in [1.29, 1.82) is 0 Å². The first-order valence-electron chi connectivity index (χ1n) is 6.80. The van der Waals surface area contributed by atoms with Gasteiger partial charge in [-0.3, -0.25) is 4.79 Å². The molecule has 1 saturated heterocycles. The van der Waals surface area contributed by atoms with Crippen molar-refractivity contribution in [3.05, 3.63) is 0 Å². The zero-order valence-corrected chi connectivity index (χ0v) is 11.8. The smallest absolute Gasteiger partial charge is 0.331 e. The fourth-order valence-electron chi connectivity index (χ4n) is 2.61. The van der Waals surface area contributed by atoms with Gasteiger partial charge in [0.15, 0.2) is 0 Å². The van der Waals surface area contributed by atoms with E-state index in [1.165, 1.54) is 0 Å². The number of nitrogens with one attached hydrogen (secondary N) is 1. The number of carbonyl (C=O) groups excluding carboxylic acids is 1. The number of hydrogen-bond acceptors (Lipinski definition) is 2. The topological polar surface area (TPSA) is 32.3 Å². The highest BCUT2D eigenvalue weighted by molar-refractivity contribution is 5.83. The molecule has 0 aliphatic carbocycles. The largest absolute Gasteiger partial charge is 0.406 e. The van der Waals surface area contributed by atoms with Crippen LogP contribution >= 0.6 is 0 Å². The lowest BCUT2D eigenvalue weighted by molar-refractivity contribution is -0.172. The third-order valence-electron chi connectivity index (χ3n) is 3.92. The molecule has 112 valence electrons. The standard InChI is InChI=1S/C13H23F3N2O/c1-4-12(5-7-17-8-6-12)11(19)18(10(2)3)9-13(14,15)16/h10,17H,4-9H2,1-3H3. The van der Waals surface area contributed by atoms with Crippen molar-refractivity contribution in [2.24, 2.45) is 5.41 Å². The van der Waals surface area contributed by atoms with Gasteiger partial charge in [-0.2, -0.15) is 13.2 Å². The van der Waals surface area contributed by atoms with Crippen LogP contribution in [0.1, 0.15) is 40.0 Å². The summed E-state index contributed by atoms with van der Waals surface area (Å²) in [5.74, 6) is -0.344. The minimum Gasteiger partial charge on any atom is -0.331 e. The van der Waals surface area contributed by atoms with Crippen molar-refractivity contribution in [2.45, 2.75) is 52.3 Å². The highest BCUT2D eigenvalue weighted by atomic mass is 19.4. The van der Waals surface area contributed by atoms with Gasteiger partial charge < -0.3 is 10.2 Å². The number of nitrogens with zero attached hydrogens (tertiary/aromatic N) is 1. The van der Waals surface area contributed by atoms with Crippen molar-refractivity contribution in [3.8, 4) is 0 Å². The SMILES string of the molecule is CCC1(C(=O)N(CC(F)(F)F)C(C)C)CCNCC1. The van der Waals surface area contributed by atoms with Gasteiger partial charge in [-0.25, -0.2) is 0 Å². The summed E-state index contributed by atoms with van der Waals surface area (Å²) in [5.41, 5.74) is -0.624. The van der Waals surface area contributed by atoms with Crippen LogP contribution in [0.25, 0.3) is 0 Å². The lowest BCUT2D eigenvalue weighted by Gasteiger charge is -2.41. The van der Waals surface area contributed by atoms with E-state index in [-0.39, 0.29) is 5.91 Å². The van der Waals surface area contributed by atoms with Crippen LogP contribution in [0.2, 0.25) is 0 Å². The summed E-state index contributed by atoms with van der Waals surface area (Å²) in [5, 5.41) is 3.15. The van der Waals surface area contributed by atoms with E-state index in [2.05, 4.69) is 5.32 Å². The van der Waals surface area contributed by atoms with Crippen LogP contribution in [0.4, 0.5) is 13.2 Å². The first kappa shape index (κ1) is 16.3. The third kappa shape index (κ3) is 4.09. The van der Waals surface area contributed by atoms with Crippen molar-refractivity contribution in [3.63, 3.8) is 0 Å². The molecule has 1 amide bonds. The molecule has 0 saturated carbocycles. The van der Waals surface area contributed by atoms with Crippen LogP contribution in [0.15, 0.2) is 0 Å². The van der Waals surface area contributed by atoms with E-state index in [4.69, 9.17) is 0 Å². The number of piperidine rings is 1. The molecule has 0 aromatic heterocycles. The number of amides is 1. The van der Waals surface area contributed by atoms with E-state index in [9.17, 15) is 18.0 Å². The Kier molecular flexibility index (Phi) is 5.24. The lowest BCUT2D eigenvalue weighted by Crippen LogP contribution is -2.53. The average Bonchev–Trinajstić information content (AvgIpc) is 2.34. The Morgan fingerprint density at radius 1 is 1.32 bits per heavy atom. The van der Waals surface area contributed by atoms with Crippen LogP contribution < -0.4 is 5.32 Å². The van der Waals surface area contributed by atoms with Crippen molar-refractivity contribution < 1.29 is 18.0 Å². The zero-order valence-electron chi connectivity index (χ0n) is 11.8. The molecule has 0 radical (unpaired) electrons. The normalized spacial score (nSPS) is 19.5. The number of rotatable bonds is 4. The predicted molar refractivity (Wildman–Crippen MR) is 67.7 cm³/mol. The molecule has 1 aliphatic heterocycles. The zero-order chi connectivity index (χ0) is 14.7. The maximum atomic E-state index is 12.6. The van der Waals surface area contributed by atoms with Crippen molar-refractivity contribution in [2.75, 3.05) is 19.6 Å². The van der Waals surface area contributed by atoms with Gasteiger partial charge in [0.25, 0.3) is 0 Å². The first-order valence-corrected chi connectivity index (χ1v) is 6.80. The minimum atomic E-state index is -4.35. The average molecular weight is 280 g/mol. The fraction of sp³-hybridized carbons (Fsp3) is 0.923. The molecule has 1 N–H and O–H groups in total. The molecule has 1 aliphatic rings. The highest BCUT2D eigenvalue weighted by Crippen LogP contribution is 2.36. The summed E-state index contributed by atoms with van der Waals surface area (Å²) < 4.78 is 37.8. The summed E-state index contributed by atoms with van der Waals surface area (Å²) in [6.07, 6.45) is -2.52. The maximum Gasteiger partial charge on any atom is 0.406 e. The summed E-state index contributed by atoms with van der Waals surface area (Å²) in [6.45, 7) is 5.38. The maximum absolute atomic E-state index is 12.6. The quantitative estimate of drug-likeness (QED) is 0.858. The molecule has 0 atom stereocenters. The van der Waals surface area contributed by atoms with Gasteiger partial charge in [-0.15, -0.1) is 0 Å². The summed E-state index contributed by atoms with van der Waals surface area (Å²) in [4.78, 5) is 13.5. The third-order valence-corrected chi connectivity index (χ3v) is 3.92. The van der Waals surface area contributed by atoms with Crippen LogP contribution in [-0.2, 0) is 4.79 Å². The van der Waals surface area contributed by atoms with Gasteiger partial charge in [0, 0.05) is 6.04 Å². The van der Waals surface area contributed by atoms with Crippen molar-refractivity contribution in [1.82, 2.24) is 10.2 Å². The van der Waals surface area contributed by atoms with Crippen LogP contribution in [-0.4, -0.2) is 42.7 Å². The monoisotopic (exact) mass is 280 g/mol. The molecule has 1 rings (SSSR count). The Bertz CT molecular complexity index is 310. The van der Waals surface area contributed by atoms with Gasteiger partial charge in [-0.05, 0) is 46.2 Å². The van der Waals surface area contributed by atoms with Crippen LogP contribution in [0.3, 0.4) is 0 Å². The van der Waals surface area contributed by atoms with Gasteiger partial charge in [0.05, 0.1) is 5.41 Å². The van der Waals surface area contributed by atoms with Gasteiger partial charge >= 0.3 is 6.18 Å². The molecule has 0 spiro atoms. The van der Waals surface area contributed by atoms with E-state index in [1.54, 1.807) is 13.8 Å². The second-order valence-corrected chi connectivity index (χ2v) is 5.53. The Hall–Kier alpha value is -0.780. The van der Waals surface area contributed by atoms with Gasteiger partial charge in [0.1, 0.15) is 6.54 Å². The highest BCUT2D eigenvalue weighted by Gasteiger charge is 2.44. The van der Waals surface area contributed by atoms with Crippen LogP contribution in [0, 0.1) is 5.41 Å². The van der Waals surface area contributed by atoms with E-state index in [0.29, 0.717) is 32.4 Å². The summed E-state index contributed by atoms with van der Waals surface area (Å²) in [6, 6.07) is -0.438. The Morgan fingerprint density at radius 3 is 2.21 bits per heavy atom. The van der Waals surface area contributed by atoms with Crippen LogP contribution in [0.5, 0.6) is 0 Å². The molecule has 6 heteroatoms. The Balaban J connectivity index is 2.91. The predicted octanol–water partition coefficient (Wildman–Crippen LogP) is 2.57. The summed E-state index contributed by atoms with van der Waals surface area (Å²) >= 11 is 0. The van der Waals surface area contributed by atoms with E-state index < -0.39 is 24.2 Å². The number of halogens is 3. The van der Waals surface area contributed by atoms with E-state index >= 15 is 0 Å². The lowest BCUT2D eigenvalue weighted by atomic mass is 9.75. The molecule has 1 heterocycles. The van der Waals surface area contributed by atoms with Crippen molar-refractivity contribution >= 4 is 5.91 Å². The molecule has 1 fully saturated rings. The van der Waals surface area contributed by atoms with Gasteiger partial charge in [0.2, 0.25) is 5.91 Å². The molecule has 0 unspecified atom stereocenters. The summed E-state index contributed by atoms with van der Waals surface area (Å²) in [7, 11) is 0. The Morgan fingerprint density at radius 2 is 1.84 bits per heavy atom. The Labute approximate surface area is 112 Å². The number of hydrogen-bond donors (Lipinski definition) is 1. The number of carbonyl (C=O) groups is 1. The molecule has 0 bridgehead atoms. The number of alkyl halides is 3. The molecule has 0 aromatic rings. The molecular weight excluding hydrogens is 257 g/mol. The van der Waals surface area contributed by atoms with Gasteiger partial charge in [-0.1, -0.05) is 6.92 Å². The molecule has 19 heavy (non-hydrogen) atoms. The minimum absolute atomic E-state index is 0.344. The van der Waals surface area contributed by atoms with E-state index in [1.807, 2.05) is 6.92 Å². The second-order valence-electron chi connectivity index (χ2n) is 5.53. The molecular formula is C13H23F3N2O.